The first kappa shape index (κ1) is 18.1. The summed E-state index contributed by atoms with van der Waals surface area (Å²) < 4.78 is 9.02. The molecule has 31 heavy (non-hydrogen) atoms. The summed E-state index contributed by atoms with van der Waals surface area (Å²) >= 11 is 0. The molecule has 0 atom stereocenters. The molecule has 0 saturated heterocycles. The van der Waals surface area contributed by atoms with Crippen LogP contribution in [0.2, 0.25) is 0 Å². The molecule has 0 unspecified atom stereocenters. The van der Waals surface area contributed by atoms with Gasteiger partial charge in [-0.2, -0.15) is 0 Å². The first-order chi connectivity index (χ1) is 15.2. The Morgan fingerprint density at radius 3 is 2.35 bits per heavy atom. The van der Waals surface area contributed by atoms with Gasteiger partial charge in [0.25, 0.3) is 5.56 Å². The quantitative estimate of drug-likeness (QED) is 0.440. The molecule has 1 aliphatic carbocycles. The molecule has 0 bridgehead atoms. The van der Waals surface area contributed by atoms with E-state index in [4.69, 9.17) is 19.7 Å². The molecule has 7 nitrogen and oxygen atoms in total. The fraction of sp³-hybridized carbons (Fsp3) is 0.250. The van der Waals surface area contributed by atoms with Gasteiger partial charge in [-0.15, -0.1) is 0 Å². The molecule has 154 valence electrons. The van der Waals surface area contributed by atoms with Gasteiger partial charge in [0, 0.05) is 11.7 Å². The minimum absolute atomic E-state index is 0.0428. The smallest absolute Gasteiger partial charge is 0.265 e. The highest BCUT2D eigenvalue weighted by Crippen LogP contribution is 2.31. The standard InChI is InChI=1S/C24H21N5O2/c1-31-17-12-10-16(11-13-17)29-22-20(24(30)28(14-25-22)15-6-2-3-7-15)21-23(29)27-19-9-5-4-8-18(19)26-21/h4-5,8-15H,2-3,6-7H2,1H3. The minimum atomic E-state index is -0.0428. The molecule has 1 saturated carbocycles. The topological polar surface area (TPSA) is 74.8 Å². The summed E-state index contributed by atoms with van der Waals surface area (Å²) in [6.07, 6.45) is 6.01. The van der Waals surface area contributed by atoms with Crippen LogP contribution in [0.1, 0.15) is 31.7 Å². The van der Waals surface area contributed by atoms with Crippen LogP contribution in [-0.2, 0) is 0 Å². The average molecular weight is 411 g/mol. The number of rotatable bonds is 3. The second kappa shape index (κ2) is 6.91. The lowest BCUT2D eigenvalue weighted by Gasteiger charge is -2.13. The maximum absolute atomic E-state index is 13.6. The van der Waals surface area contributed by atoms with Gasteiger partial charge in [-0.1, -0.05) is 25.0 Å². The van der Waals surface area contributed by atoms with E-state index in [2.05, 4.69) is 0 Å². The first-order valence-corrected chi connectivity index (χ1v) is 10.6. The summed E-state index contributed by atoms with van der Waals surface area (Å²) in [6, 6.07) is 15.6. The van der Waals surface area contributed by atoms with Gasteiger partial charge in [-0.05, 0) is 49.2 Å². The zero-order valence-electron chi connectivity index (χ0n) is 17.2. The van der Waals surface area contributed by atoms with Crippen molar-refractivity contribution in [3.8, 4) is 11.4 Å². The van der Waals surface area contributed by atoms with Crippen LogP contribution in [0.5, 0.6) is 5.75 Å². The van der Waals surface area contributed by atoms with Gasteiger partial charge in [0.15, 0.2) is 11.3 Å². The Bertz CT molecular complexity index is 1490. The van der Waals surface area contributed by atoms with E-state index in [9.17, 15) is 4.79 Å². The summed E-state index contributed by atoms with van der Waals surface area (Å²) in [5.74, 6) is 0.762. The van der Waals surface area contributed by atoms with Crippen LogP contribution >= 0.6 is 0 Å². The van der Waals surface area contributed by atoms with E-state index >= 15 is 0 Å². The van der Waals surface area contributed by atoms with E-state index in [1.54, 1.807) is 18.0 Å². The van der Waals surface area contributed by atoms with Gasteiger partial charge < -0.3 is 4.74 Å². The number of hydrogen-bond donors (Lipinski definition) is 0. The number of ether oxygens (including phenoxy) is 1. The third kappa shape index (κ3) is 2.73. The molecular weight excluding hydrogens is 390 g/mol. The molecule has 2 aromatic carbocycles. The van der Waals surface area contributed by atoms with E-state index in [0.29, 0.717) is 22.2 Å². The lowest BCUT2D eigenvalue weighted by molar-refractivity contribution is 0.415. The molecule has 0 radical (unpaired) electrons. The van der Waals surface area contributed by atoms with Gasteiger partial charge in [0.2, 0.25) is 0 Å². The third-order valence-electron chi connectivity index (χ3n) is 6.24. The Hall–Kier alpha value is -3.74. The van der Waals surface area contributed by atoms with Crippen molar-refractivity contribution in [2.24, 2.45) is 0 Å². The lowest BCUT2D eigenvalue weighted by atomic mass is 10.2. The van der Waals surface area contributed by atoms with Crippen molar-refractivity contribution in [2.45, 2.75) is 31.7 Å². The van der Waals surface area contributed by atoms with Crippen molar-refractivity contribution >= 4 is 33.2 Å². The summed E-state index contributed by atoms with van der Waals surface area (Å²) in [5.41, 5.74) is 4.16. The summed E-state index contributed by atoms with van der Waals surface area (Å²) in [5, 5.41) is 0.526. The van der Waals surface area contributed by atoms with Crippen LogP contribution in [0, 0.1) is 0 Å². The molecule has 0 spiro atoms. The van der Waals surface area contributed by atoms with Crippen molar-refractivity contribution in [1.29, 1.82) is 0 Å². The van der Waals surface area contributed by atoms with Crippen molar-refractivity contribution in [2.75, 3.05) is 7.11 Å². The minimum Gasteiger partial charge on any atom is -0.497 e. The number of hydrogen-bond acceptors (Lipinski definition) is 5. The van der Waals surface area contributed by atoms with E-state index in [1.165, 1.54) is 0 Å². The number of para-hydroxylation sites is 2. The Morgan fingerprint density at radius 1 is 0.935 bits per heavy atom. The maximum Gasteiger partial charge on any atom is 0.265 e. The zero-order chi connectivity index (χ0) is 20.9. The highest BCUT2D eigenvalue weighted by Gasteiger charge is 2.24. The molecular formula is C24H21N5O2. The van der Waals surface area contributed by atoms with Gasteiger partial charge in [0.1, 0.15) is 23.0 Å². The van der Waals surface area contributed by atoms with E-state index in [0.717, 1.165) is 48.2 Å². The van der Waals surface area contributed by atoms with Crippen LogP contribution in [0.3, 0.4) is 0 Å². The molecule has 7 heteroatoms. The molecule has 0 amide bonds. The maximum atomic E-state index is 13.6. The monoisotopic (exact) mass is 411 g/mol. The summed E-state index contributed by atoms with van der Waals surface area (Å²) in [4.78, 5) is 28.1. The SMILES string of the molecule is COc1ccc(-n2c3nc4ccccc4nc3c3c(=O)n(C4CCCC4)cnc32)cc1. The molecule has 1 fully saturated rings. The normalized spacial score (nSPS) is 14.7. The van der Waals surface area contributed by atoms with Crippen LogP contribution in [0.4, 0.5) is 0 Å². The number of benzene rings is 2. The number of fused-ring (bicyclic) bond motifs is 4. The van der Waals surface area contributed by atoms with Crippen molar-refractivity contribution in [3.63, 3.8) is 0 Å². The zero-order valence-corrected chi connectivity index (χ0v) is 17.2. The largest absolute Gasteiger partial charge is 0.497 e. The average Bonchev–Trinajstić information content (AvgIpc) is 3.44. The Balaban J connectivity index is 1.73. The lowest BCUT2D eigenvalue weighted by Crippen LogP contribution is -2.23. The molecule has 3 heterocycles. The molecule has 5 aromatic rings. The Labute approximate surface area is 178 Å². The molecule has 6 rings (SSSR count). The highest BCUT2D eigenvalue weighted by atomic mass is 16.5. The Kier molecular flexibility index (Phi) is 4.02. The van der Waals surface area contributed by atoms with Crippen LogP contribution in [0.25, 0.3) is 38.9 Å². The van der Waals surface area contributed by atoms with Crippen LogP contribution in [0.15, 0.2) is 59.7 Å². The van der Waals surface area contributed by atoms with Gasteiger partial charge in [0.05, 0.1) is 18.1 Å². The van der Waals surface area contributed by atoms with Crippen LogP contribution in [-0.4, -0.2) is 31.2 Å². The summed E-state index contributed by atoms with van der Waals surface area (Å²) in [7, 11) is 1.64. The van der Waals surface area contributed by atoms with E-state index in [-0.39, 0.29) is 11.6 Å². The number of methoxy groups -OCH3 is 1. The third-order valence-corrected chi connectivity index (χ3v) is 6.24. The summed E-state index contributed by atoms with van der Waals surface area (Å²) in [6.45, 7) is 0. The van der Waals surface area contributed by atoms with Crippen molar-refractivity contribution in [3.05, 3.63) is 65.2 Å². The molecule has 1 aliphatic rings. The highest BCUT2D eigenvalue weighted by molar-refractivity contribution is 6.05. The van der Waals surface area contributed by atoms with Crippen molar-refractivity contribution < 1.29 is 4.74 Å². The predicted octanol–water partition coefficient (Wildman–Crippen LogP) is 4.41. The first-order valence-electron chi connectivity index (χ1n) is 10.6. The molecule has 0 N–H and O–H groups in total. The second-order valence-corrected chi connectivity index (χ2v) is 8.01. The number of aromatic nitrogens is 5. The van der Waals surface area contributed by atoms with E-state index in [1.807, 2.05) is 53.1 Å². The molecule has 0 aliphatic heterocycles. The van der Waals surface area contributed by atoms with Gasteiger partial charge in [-0.3, -0.25) is 13.9 Å². The second-order valence-electron chi connectivity index (χ2n) is 8.01. The van der Waals surface area contributed by atoms with Gasteiger partial charge in [-0.25, -0.2) is 15.0 Å². The molecule has 3 aromatic heterocycles. The Morgan fingerprint density at radius 2 is 1.65 bits per heavy atom. The predicted molar refractivity (Wildman–Crippen MR) is 120 cm³/mol. The van der Waals surface area contributed by atoms with Crippen LogP contribution < -0.4 is 10.3 Å². The van der Waals surface area contributed by atoms with Crippen molar-refractivity contribution in [1.82, 2.24) is 24.1 Å². The van der Waals surface area contributed by atoms with Gasteiger partial charge >= 0.3 is 0 Å². The number of nitrogens with zero attached hydrogens (tertiary/aromatic N) is 5. The fourth-order valence-electron chi connectivity index (χ4n) is 4.67. The fourth-order valence-corrected chi connectivity index (χ4v) is 4.67. The van der Waals surface area contributed by atoms with E-state index < -0.39 is 0 Å².